The largest absolute Gasteiger partial charge is 0.434 e. The Hall–Kier alpha value is -0.780. The van der Waals surface area contributed by atoms with Crippen LogP contribution in [0.5, 0.6) is 0 Å². The van der Waals surface area contributed by atoms with E-state index in [2.05, 4.69) is 10.3 Å². The van der Waals surface area contributed by atoms with Crippen LogP contribution in [0.4, 0.5) is 13.2 Å². The van der Waals surface area contributed by atoms with E-state index in [1.807, 2.05) is 0 Å². The van der Waals surface area contributed by atoms with Crippen molar-refractivity contribution in [1.29, 1.82) is 0 Å². The highest BCUT2D eigenvalue weighted by atomic mass is 35.5. The molecular formula is C8H11ClF3N3. The number of hydrogen-bond donors (Lipinski definition) is 0. The van der Waals surface area contributed by atoms with Gasteiger partial charge in [0.25, 0.3) is 0 Å². The standard InChI is InChI=1S/C8H11ClF3N3/c1-3-5(2)15-7(8(10,11)12)6(4-9)13-14-15/h5H,3-4H2,1-2H3. The molecule has 86 valence electrons. The van der Waals surface area contributed by atoms with Crippen molar-refractivity contribution in [2.75, 3.05) is 0 Å². The predicted molar refractivity (Wildman–Crippen MR) is 49.6 cm³/mol. The molecule has 3 nitrogen and oxygen atoms in total. The summed E-state index contributed by atoms with van der Waals surface area (Å²) in [5, 5.41) is 6.92. The van der Waals surface area contributed by atoms with Crippen molar-refractivity contribution in [3.63, 3.8) is 0 Å². The van der Waals surface area contributed by atoms with Gasteiger partial charge in [0, 0.05) is 0 Å². The van der Waals surface area contributed by atoms with Gasteiger partial charge >= 0.3 is 6.18 Å². The van der Waals surface area contributed by atoms with E-state index < -0.39 is 11.9 Å². The minimum absolute atomic E-state index is 0.218. The van der Waals surface area contributed by atoms with E-state index in [9.17, 15) is 13.2 Å². The van der Waals surface area contributed by atoms with E-state index in [1.54, 1.807) is 13.8 Å². The van der Waals surface area contributed by atoms with Crippen LogP contribution in [0, 0.1) is 0 Å². The molecule has 0 aliphatic heterocycles. The molecule has 0 aromatic carbocycles. The highest BCUT2D eigenvalue weighted by Crippen LogP contribution is 2.33. The van der Waals surface area contributed by atoms with E-state index in [-0.39, 0.29) is 17.6 Å². The van der Waals surface area contributed by atoms with Gasteiger partial charge in [-0.15, -0.1) is 16.7 Å². The molecule has 1 unspecified atom stereocenters. The van der Waals surface area contributed by atoms with Crippen LogP contribution in [0.15, 0.2) is 0 Å². The second-order valence-corrected chi connectivity index (χ2v) is 3.49. The topological polar surface area (TPSA) is 30.7 Å². The Labute approximate surface area is 90.2 Å². The molecule has 15 heavy (non-hydrogen) atoms. The lowest BCUT2D eigenvalue weighted by Crippen LogP contribution is -2.18. The van der Waals surface area contributed by atoms with Crippen molar-refractivity contribution in [2.24, 2.45) is 0 Å². The lowest BCUT2D eigenvalue weighted by atomic mass is 10.2. The van der Waals surface area contributed by atoms with Crippen molar-refractivity contribution >= 4 is 11.6 Å². The number of halogens is 4. The molecule has 0 spiro atoms. The van der Waals surface area contributed by atoms with Crippen LogP contribution in [0.25, 0.3) is 0 Å². The molecule has 0 fully saturated rings. The fourth-order valence-electron chi connectivity index (χ4n) is 1.19. The van der Waals surface area contributed by atoms with Gasteiger partial charge in [-0.1, -0.05) is 12.1 Å². The molecule has 7 heteroatoms. The summed E-state index contributed by atoms with van der Waals surface area (Å²) in [6.45, 7) is 3.44. The molecule has 1 aromatic heterocycles. The average Bonchev–Trinajstić information content (AvgIpc) is 2.59. The summed E-state index contributed by atoms with van der Waals surface area (Å²) >= 11 is 5.38. The summed E-state index contributed by atoms with van der Waals surface area (Å²) in [7, 11) is 0. The van der Waals surface area contributed by atoms with Gasteiger partial charge in [0.2, 0.25) is 0 Å². The van der Waals surface area contributed by atoms with Crippen molar-refractivity contribution in [3.8, 4) is 0 Å². The van der Waals surface area contributed by atoms with Gasteiger partial charge in [0.15, 0.2) is 5.69 Å². The van der Waals surface area contributed by atoms with Crippen LogP contribution in [-0.4, -0.2) is 15.0 Å². The molecule has 1 heterocycles. The van der Waals surface area contributed by atoms with Gasteiger partial charge < -0.3 is 0 Å². The number of aromatic nitrogens is 3. The Bertz CT molecular complexity index is 334. The first-order valence-corrected chi connectivity index (χ1v) is 5.02. The predicted octanol–water partition coefficient (Wildman–Crippen LogP) is 3.01. The zero-order valence-electron chi connectivity index (χ0n) is 8.35. The molecular weight excluding hydrogens is 231 g/mol. The Morgan fingerprint density at radius 1 is 1.47 bits per heavy atom. The van der Waals surface area contributed by atoms with Crippen LogP contribution in [0.2, 0.25) is 0 Å². The SMILES string of the molecule is CCC(C)n1nnc(CCl)c1C(F)(F)F. The molecule has 0 aliphatic rings. The molecule has 0 radical (unpaired) electrons. The summed E-state index contributed by atoms with van der Waals surface area (Å²) in [6, 6.07) is -0.342. The average molecular weight is 242 g/mol. The summed E-state index contributed by atoms with van der Waals surface area (Å²) in [5.41, 5.74) is -1.06. The van der Waals surface area contributed by atoms with Gasteiger partial charge in [-0.2, -0.15) is 13.2 Å². The van der Waals surface area contributed by atoms with E-state index in [4.69, 9.17) is 11.6 Å². The highest BCUT2D eigenvalue weighted by Gasteiger charge is 2.39. The molecule has 1 rings (SSSR count). The summed E-state index contributed by atoms with van der Waals surface area (Å²) < 4.78 is 38.9. The Balaban J connectivity index is 3.23. The zero-order valence-corrected chi connectivity index (χ0v) is 9.10. The minimum Gasteiger partial charge on any atom is -0.237 e. The van der Waals surface area contributed by atoms with Crippen LogP contribution in [-0.2, 0) is 12.1 Å². The number of hydrogen-bond acceptors (Lipinski definition) is 2. The smallest absolute Gasteiger partial charge is 0.237 e. The lowest BCUT2D eigenvalue weighted by Gasteiger charge is -2.14. The van der Waals surface area contributed by atoms with Crippen LogP contribution in [0.3, 0.4) is 0 Å². The maximum Gasteiger partial charge on any atom is 0.434 e. The molecule has 0 saturated heterocycles. The number of rotatable bonds is 3. The molecule has 1 aromatic rings. The summed E-state index contributed by atoms with van der Waals surface area (Å²) in [6.07, 6.45) is -3.91. The van der Waals surface area contributed by atoms with Gasteiger partial charge in [-0.3, -0.25) is 0 Å². The lowest BCUT2D eigenvalue weighted by molar-refractivity contribution is -0.145. The fraction of sp³-hybridized carbons (Fsp3) is 0.750. The zero-order chi connectivity index (χ0) is 11.6. The van der Waals surface area contributed by atoms with Gasteiger partial charge in [0.05, 0.1) is 11.9 Å². The number of nitrogens with zero attached hydrogens (tertiary/aromatic N) is 3. The van der Waals surface area contributed by atoms with E-state index in [0.29, 0.717) is 6.42 Å². The van der Waals surface area contributed by atoms with Crippen molar-refractivity contribution < 1.29 is 13.2 Å². The first kappa shape index (κ1) is 12.3. The van der Waals surface area contributed by atoms with Gasteiger partial charge in [0.1, 0.15) is 5.69 Å². The fourth-order valence-corrected chi connectivity index (χ4v) is 1.37. The molecule has 0 amide bonds. The quantitative estimate of drug-likeness (QED) is 0.762. The van der Waals surface area contributed by atoms with Gasteiger partial charge in [-0.25, -0.2) is 4.68 Å². The molecule has 0 N–H and O–H groups in total. The Kier molecular flexibility index (Phi) is 3.59. The van der Waals surface area contributed by atoms with Crippen molar-refractivity contribution in [2.45, 2.75) is 38.4 Å². The Morgan fingerprint density at radius 3 is 2.47 bits per heavy atom. The van der Waals surface area contributed by atoms with Crippen molar-refractivity contribution in [1.82, 2.24) is 15.0 Å². The molecule has 0 saturated carbocycles. The van der Waals surface area contributed by atoms with Crippen molar-refractivity contribution in [3.05, 3.63) is 11.4 Å². The minimum atomic E-state index is -4.46. The molecule has 0 aliphatic carbocycles. The molecule has 1 atom stereocenters. The van der Waals surface area contributed by atoms with E-state index in [1.165, 1.54) is 0 Å². The third-order valence-corrected chi connectivity index (χ3v) is 2.42. The molecule has 0 bridgehead atoms. The van der Waals surface area contributed by atoms with E-state index >= 15 is 0 Å². The first-order valence-electron chi connectivity index (χ1n) is 4.49. The third kappa shape index (κ3) is 2.42. The summed E-state index contributed by atoms with van der Waals surface area (Å²) in [5.74, 6) is -0.286. The van der Waals surface area contributed by atoms with E-state index in [0.717, 1.165) is 4.68 Å². The monoisotopic (exact) mass is 241 g/mol. The van der Waals surface area contributed by atoms with Gasteiger partial charge in [-0.05, 0) is 13.3 Å². The highest BCUT2D eigenvalue weighted by molar-refractivity contribution is 6.16. The maximum absolute atomic E-state index is 12.7. The normalized spacial score (nSPS) is 14.3. The second kappa shape index (κ2) is 4.38. The van der Waals surface area contributed by atoms with Crippen LogP contribution in [0.1, 0.15) is 37.7 Å². The second-order valence-electron chi connectivity index (χ2n) is 3.22. The number of alkyl halides is 4. The Morgan fingerprint density at radius 2 is 2.07 bits per heavy atom. The van der Waals surface area contributed by atoms with Crippen LogP contribution < -0.4 is 0 Å². The maximum atomic E-state index is 12.7. The van der Waals surface area contributed by atoms with Crippen LogP contribution >= 0.6 is 11.6 Å². The summed E-state index contributed by atoms with van der Waals surface area (Å²) in [4.78, 5) is 0. The third-order valence-electron chi connectivity index (χ3n) is 2.17. The first-order chi connectivity index (χ1) is 6.91.